The fourth-order valence-electron chi connectivity index (χ4n) is 9.49. The maximum absolute atomic E-state index is 12.5. The van der Waals surface area contributed by atoms with Gasteiger partial charge in [-0.25, -0.2) is 0 Å². The summed E-state index contributed by atoms with van der Waals surface area (Å²) in [6, 6.07) is -0.638. The highest BCUT2D eigenvalue weighted by Gasteiger charge is 2.18. The summed E-state index contributed by atoms with van der Waals surface area (Å²) >= 11 is 0. The number of aliphatic hydroxyl groups is 2. The molecule has 0 saturated heterocycles. The molecule has 0 aromatic heterocycles. The van der Waals surface area contributed by atoms with Crippen molar-refractivity contribution in [1.82, 2.24) is 5.32 Å². The smallest absolute Gasteiger partial charge is 0.220 e. The van der Waals surface area contributed by atoms with Gasteiger partial charge in [-0.1, -0.05) is 307 Å². The van der Waals surface area contributed by atoms with Crippen LogP contribution in [0.4, 0.5) is 0 Å². The average molecular weight is 927 g/mol. The highest BCUT2D eigenvalue weighted by atomic mass is 16.3. The van der Waals surface area contributed by atoms with Gasteiger partial charge in [0.25, 0.3) is 0 Å². The van der Waals surface area contributed by atoms with E-state index in [1.54, 1.807) is 6.08 Å². The molecule has 3 N–H and O–H groups in total. The fourth-order valence-corrected chi connectivity index (χ4v) is 9.49. The summed E-state index contributed by atoms with van der Waals surface area (Å²) in [6.45, 7) is 4.33. The first kappa shape index (κ1) is 64.6. The third-order valence-electron chi connectivity index (χ3n) is 14.1. The van der Waals surface area contributed by atoms with Crippen LogP contribution in [-0.2, 0) is 4.79 Å². The minimum Gasteiger partial charge on any atom is -0.394 e. The van der Waals surface area contributed by atoms with Gasteiger partial charge in [0, 0.05) is 6.42 Å². The molecule has 0 rings (SSSR count). The molecule has 2 unspecified atom stereocenters. The summed E-state index contributed by atoms with van der Waals surface area (Å²) in [5.41, 5.74) is 0. The Kier molecular flexibility index (Phi) is 56.7. The Morgan fingerprint density at radius 1 is 0.348 bits per heavy atom. The number of rotatable bonds is 56. The van der Waals surface area contributed by atoms with E-state index in [0.717, 1.165) is 32.1 Å². The van der Waals surface area contributed by atoms with Crippen molar-refractivity contribution in [2.75, 3.05) is 6.61 Å². The zero-order valence-corrected chi connectivity index (χ0v) is 45.0. The Labute approximate surface area is 414 Å². The summed E-state index contributed by atoms with van der Waals surface area (Å²) in [5, 5.41) is 23.1. The fraction of sp³-hybridized carbons (Fsp3) is 0.887. The number of carbonyl (C=O) groups is 1. The van der Waals surface area contributed by atoms with Crippen molar-refractivity contribution < 1.29 is 15.0 Å². The molecule has 0 aliphatic rings. The molecule has 0 heterocycles. The molecule has 0 aliphatic heterocycles. The van der Waals surface area contributed by atoms with Gasteiger partial charge in [-0.05, 0) is 57.8 Å². The summed E-state index contributed by atoms with van der Waals surface area (Å²) in [7, 11) is 0. The SMILES string of the molecule is CCCCCCCCCCCCC/C=C/CC/C=C/C(O)C(CO)NC(=O)CCCCCCCCCCCCCCCCCCC/C=C\CCCCCCCCCCCCCCCCCC. The second-order valence-electron chi connectivity index (χ2n) is 20.8. The van der Waals surface area contributed by atoms with E-state index in [9.17, 15) is 15.0 Å². The van der Waals surface area contributed by atoms with Crippen molar-refractivity contribution in [2.24, 2.45) is 0 Å². The third-order valence-corrected chi connectivity index (χ3v) is 14.1. The number of hydrogen-bond donors (Lipinski definition) is 3. The van der Waals surface area contributed by atoms with Crippen LogP contribution in [0, 0.1) is 0 Å². The van der Waals surface area contributed by atoms with Gasteiger partial charge in [-0.3, -0.25) is 4.79 Å². The van der Waals surface area contributed by atoms with E-state index in [4.69, 9.17) is 0 Å². The van der Waals surface area contributed by atoms with E-state index in [0.29, 0.717) is 6.42 Å². The Morgan fingerprint density at radius 2 is 0.591 bits per heavy atom. The molecule has 0 aromatic carbocycles. The van der Waals surface area contributed by atoms with Gasteiger partial charge >= 0.3 is 0 Å². The molecule has 0 radical (unpaired) electrons. The quantitative estimate of drug-likeness (QED) is 0.0420. The van der Waals surface area contributed by atoms with Crippen molar-refractivity contribution in [3.8, 4) is 0 Å². The highest BCUT2D eigenvalue weighted by Crippen LogP contribution is 2.17. The second kappa shape index (κ2) is 57.9. The summed E-state index contributed by atoms with van der Waals surface area (Å²) in [5.74, 6) is -0.0687. The van der Waals surface area contributed by atoms with E-state index < -0.39 is 12.1 Å². The van der Waals surface area contributed by atoms with Crippen LogP contribution < -0.4 is 5.32 Å². The molecular formula is C62H119NO3. The average Bonchev–Trinajstić information content (AvgIpc) is 3.32. The van der Waals surface area contributed by atoms with Gasteiger partial charge in [0.15, 0.2) is 0 Å². The number of allylic oxidation sites excluding steroid dienone is 5. The van der Waals surface area contributed by atoms with Gasteiger partial charge in [-0.15, -0.1) is 0 Å². The Hall–Kier alpha value is -1.39. The lowest BCUT2D eigenvalue weighted by molar-refractivity contribution is -0.123. The zero-order chi connectivity index (χ0) is 47.7. The first-order valence-electron chi connectivity index (χ1n) is 30.2. The molecule has 0 spiro atoms. The summed E-state index contributed by atoms with van der Waals surface area (Å²) in [6.07, 6.45) is 79.1. The molecule has 4 nitrogen and oxygen atoms in total. The number of hydrogen-bond acceptors (Lipinski definition) is 3. The van der Waals surface area contributed by atoms with E-state index >= 15 is 0 Å². The Balaban J connectivity index is 3.42. The normalized spacial score (nSPS) is 13.0. The van der Waals surface area contributed by atoms with E-state index in [-0.39, 0.29) is 12.5 Å². The van der Waals surface area contributed by atoms with Crippen molar-refractivity contribution in [3.05, 3.63) is 36.5 Å². The topological polar surface area (TPSA) is 69.6 Å². The molecule has 390 valence electrons. The van der Waals surface area contributed by atoms with Crippen molar-refractivity contribution in [1.29, 1.82) is 0 Å². The van der Waals surface area contributed by atoms with Crippen LogP contribution in [0.2, 0.25) is 0 Å². The molecule has 0 aromatic rings. The van der Waals surface area contributed by atoms with E-state index in [2.05, 4.69) is 43.5 Å². The monoisotopic (exact) mass is 926 g/mol. The molecule has 66 heavy (non-hydrogen) atoms. The minimum atomic E-state index is -0.861. The molecule has 1 amide bonds. The first-order chi connectivity index (χ1) is 32.7. The number of carbonyl (C=O) groups excluding carboxylic acids is 1. The number of nitrogens with one attached hydrogen (secondary N) is 1. The van der Waals surface area contributed by atoms with Crippen LogP contribution in [-0.4, -0.2) is 34.9 Å². The van der Waals surface area contributed by atoms with Crippen LogP contribution >= 0.6 is 0 Å². The molecule has 0 fully saturated rings. The molecular weight excluding hydrogens is 807 g/mol. The zero-order valence-electron chi connectivity index (χ0n) is 45.0. The standard InChI is InChI=1S/C62H119NO3/c1-3-5-7-9-11-13-15-17-19-21-22-23-24-25-26-27-28-29-30-31-32-33-34-35-36-37-38-39-40-42-44-46-48-50-52-54-56-58-62(66)63-60(59-64)61(65)57-55-53-51-49-47-45-43-41-20-18-16-14-12-10-8-6-4-2/h29-30,47,49,55,57,60-61,64-65H,3-28,31-46,48,50-54,56,58-59H2,1-2H3,(H,63,66)/b30-29-,49-47+,57-55+. The maximum atomic E-state index is 12.5. The Morgan fingerprint density at radius 3 is 0.879 bits per heavy atom. The van der Waals surface area contributed by atoms with Crippen LogP contribution in [0.5, 0.6) is 0 Å². The number of aliphatic hydroxyl groups excluding tert-OH is 2. The van der Waals surface area contributed by atoms with Crippen LogP contribution in [0.3, 0.4) is 0 Å². The van der Waals surface area contributed by atoms with E-state index in [1.807, 2.05) is 6.08 Å². The second-order valence-corrected chi connectivity index (χ2v) is 20.8. The van der Waals surface area contributed by atoms with Gasteiger partial charge in [0.2, 0.25) is 5.91 Å². The first-order valence-corrected chi connectivity index (χ1v) is 30.2. The van der Waals surface area contributed by atoms with Crippen LogP contribution in [0.15, 0.2) is 36.5 Å². The molecule has 2 atom stereocenters. The van der Waals surface area contributed by atoms with Gasteiger partial charge in [0.1, 0.15) is 0 Å². The van der Waals surface area contributed by atoms with Crippen LogP contribution in [0.1, 0.15) is 335 Å². The minimum absolute atomic E-state index is 0.0687. The predicted octanol–water partition coefficient (Wildman–Crippen LogP) is 20.0. The van der Waals surface area contributed by atoms with Crippen molar-refractivity contribution in [2.45, 2.75) is 347 Å². The lowest BCUT2D eigenvalue weighted by atomic mass is 10.0. The summed E-state index contributed by atoms with van der Waals surface area (Å²) in [4.78, 5) is 12.5. The number of amides is 1. The van der Waals surface area contributed by atoms with Gasteiger partial charge in [-0.2, -0.15) is 0 Å². The summed E-state index contributed by atoms with van der Waals surface area (Å²) < 4.78 is 0. The molecule has 0 saturated carbocycles. The lowest BCUT2D eigenvalue weighted by Gasteiger charge is -2.19. The predicted molar refractivity (Wildman–Crippen MR) is 295 cm³/mol. The molecule has 0 bridgehead atoms. The third kappa shape index (κ3) is 53.6. The molecule has 4 heteroatoms. The van der Waals surface area contributed by atoms with Gasteiger partial charge < -0.3 is 15.5 Å². The Bertz CT molecular complexity index is 1010. The lowest BCUT2D eigenvalue weighted by Crippen LogP contribution is -2.45. The van der Waals surface area contributed by atoms with E-state index in [1.165, 1.54) is 283 Å². The largest absolute Gasteiger partial charge is 0.394 e. The van der Waals surface area contributed by atoms with Crippen LogP contribution in [0.25, 0.3) is 0 Å². The highest BCUT2D eigenvalue weighted by molar-refractivity contribution is 5.76. The number of unbranched alkanes of at least 4 members (excludes halogenated alkanes) is 45. The maximum Gasteiger partial charge on any atom is 0.220 e. The van der Waals surface area contributed by atoms with Crippen molar-refractivity contribution >= 4 is 5.91 Å². The molecule has 0 aliphatic carbocycles. The van der Waals surface area contributed by atoms with Gasteiger partial charge in [0.05, 0.1) is 18.8 Å². The van der Waals surface area contributed by atoms with Crippen molar-refractivity contribution in [3.63, 3.8) is 0 Å².